The summed E-state index contributed by atoms with van der Waals surface area (Å²) in [7, 11) is 1.60. The van der Waals surface area contributed by atoms with Gasteiger partial charge in [-0.05, 0) is 43.2 Å². The molecular formula is C21H21BrClFN2O3. The normalized spacial score (nSPS) is 11.2. The van der Waals surface area contributed by atoms with Gasteiger partial charge in [-0.25, -0.2) is 14.2 Å². The number of methoxy groups -OCH3 is 1. The van der Waals surface area contributed by atoms with Crippen LogP contribution in [0.2, 0.25) is 5.02 Å². The number of aromatic nitrogens is 2. The predicted octanol–water partition coefficient (Wildman–Crippen LogP) is 5.31. The fraction of sp³-hybridized carbons (Fsp3) is 0.333. The van der Waals surface area contributed by atoms with Crippen molar-refractivity contribution in [1.29, 1.82) is 0 Å². The number of hydrogen-bond donors (Lipinski definition) is 0. The van der Waals surface area contributed by atoms with E-state index in [2.05, 4.69) is 20.9 Å². The highest BCUT2D eigenvalue weighted by Gasteiger charge is 2.19. The number of nitrogens with zero attached hydrogens (tertiary/aromatic N) is 2. The van der Waals surface area contributed by atoms with E-state index in [0.717, 1.165) is 21.7 Å². The summed E-state index contributed by atoms with van der Waals surface area (Å²) in [5, 5.41) is 0.598. The molecule has 0 saturated carbocycles. The molecule has 0 radical (unpaired) electrons. The second-order valence-corrected chi connectivity index (χ2v) is 7.85. The minimum absolute atomic E-state index is 0.152. The molecule has 8 heteroatoms. The van der Waals surface area contributed by atoms with Gasteiger partial charge >= 0.3 is 5.97 Å². The molecule has 0 aliphatic carbocycles. The summed E-state index contributed by atoms with van der Waals surface area (Å²) >= 11 is 9.88. The minimum Gasteiger partial charge on any atom is -0.462 e. The molecule has 29 heavy (non-hydrogen) atoms. The lowest BCUT2D eigenvalue weighted by Gasteiger charge is -2.11. The van der Waals surface area contributed by atoms with Crippen LogP contribution in [0.1, 0.15) is 34.2 Å². The molecule has 0 fully saturated rings. The van der Waals surface area contributed by atoms with Gasteiger partial charge in [-0.1, -0.05) is 33.6 Å². The van der Waals surface area contributed by atoms with Crippen LogP contribution in [0.25, 0.3) is 11.0 Å². The maximum atomic E-state index is 14.8. The largest absolute Gasteiger partial charge is 0.462 e. The first kappa shape index (κ1) is 21.7. The Morgan fingerprint density at radius 2 is 2.07 bits per heavy atom. The number of hydrogen-bond acceptors (Lipinski definition) is 4. The molecule has 3 aromatic rings. The van der Waals surface area contributed by atoms with Gasteiger partial charge in [0.1, 0.15) is 11.3 Å². The van der Waals surface area contributed by atoms with Crippen LogP contribution < -0.4 is 0 Å². The molecule has 0 aliphatic rings. The maximum absolute atomic E-state index is 14.8. The van der Waals surface area contributed by atoms with Crippen LogP contribution >= 0.6 is 27.5 Å². The van der Waals surface area contributed by atoms with Crippen molar-refractivity contribution in [3.63, 3.8) is 0 Å². The zero-order valence-corrected chi connectivity index (χ0v) is 18.7. The van der Waals surface area contributed by atoms with Gasteiger partial charge in [0.25, 0.3) is 0 Å². The van der Waals surface area contributed by atoms with Crippen LogP contribution in [0.4, 0.5) is 4.39 Å². The Kier molecular flexibility index (Phi) is 6.93. The lowest BCUT2D eigenvalue weighted by molar-refractivity contribution is 0.0526. The van der Waals surface area contributed by atoms with Crippen LogP contribution in [-0.4, -0.2) is 35.8 Å². The number of fused-ring (bicyclic) bond motifs is 1. The molecule has 0 unspecified atom stereocenters. The second kappa shape index (κ2) is 9.24. The summed E-state index contributed by atoms with van der Waals surface area (Å²) in [6.07, 6.45) is 0.416. The molecule has 5 nitrogen and oxygen atoms in total. The van der Waals surface area contributed by atoms with Crippen molar-refractivity contribution in [3.05, 3.63) is 62.1 Å². The first-order valence-corrected chi connectivity index (χ1v) is 10.3. The number of benzene rings is 2. The van der Waals surface area contributed by atoms with E-state index in [0.29, 0.717) is 35.9 Å². The maximum Gasteiger partial charge on any atom is 0.338 e. The molecule has 0 atom stereocenters. The molecule has 1 aromatic heterocycles. The molecule has 0 saturated heterocycles. The van der Waals surface area contributed by atoms with Gasteiger partial charge in [-0.15, -0.1) is 0 Å². The Bertz CT molecular complexity index is 1070. The van der Waals surface area contributed by atoms with E-state index in [1.165, 1.54) is 0 Å². The third-order valence-corrected chi connectivity index (χ3v) is 5.80. The van der Waals surface area contributed by atoms with E-state index in [9.17, 15) is 9.18 Å². The number of carbonyl (C=O) groups excluding carboxylic acids is 1. The van der Waals surface area contributed by atoms with Gasteiger partial charge in [-0.2, -0.15) is 0 Å². The molecule has 0 spiro atoms. The molecule has 0 bridgehead atoms. The molecule has 0 aliphatic heterocycles. The second-order valence-electron chi connectivity index (χ2n) is 6.59. The number of ether oxygens (including phenoxy) is 2. The van der Waals surface area contributed by atoms with E-state index in [1.54, 1.807) is 20.1 Å². The fourth-order valence-electron chi connectivity index (χ4n) is 3.15. The number of imidazole rings is 1. The summed E-state index contributed by atoms with van der Waals surface area (Å²) in [5.41, 5.74) is 2.80. The van der Waals surface area contributed by atoms with Crippen molar-refractivity contribution in [2.75, 3.05) is 20.3 Å². The van der Waals surface area contributed by atoms with Crippen molar-refractivity contribution in [1.82, 2.24) is 9.55 Å². The summed E-state index contributed by atoms with van der Waals surface area (Å²) in [6, 6.07) is 6.59. The number of esters is 1. The van der Waals surface area contributed by atoms with Gasteiger partial charge in [0.15, 0.2) is 5.82 Å². The highest BCUT2D eigenvalue weighted by molar-refractivity contribution is 9.10. The number of aryl methyl sites for hydroxylation is 1. The molecule has 0 N–H and O–H groups in total. The summed E-state index contributed by atoms with van der Waals surface area (Å²) in [6.45, 7) is 4.77. The molecular weight excluding hydrogens is 463 g/mol. The van der Waals surface area contributed by atoms with E-state index >= 15 is 0 Å². The first-order valence-electron chi connectivity index (χ1n) is 9.15. The minimum atomic E-state index is -0.569. The summed E-state index contributed by atoms with van der Waals surface area (Å²) < 4.78 is 27.8. The zero-order valence-electron chi connectivity index (χ0n) is 16.4. The van der Waals surface area contributed by atoms with Crippen LogP contribution in [-0.2, 0) is 22.4 Å². The average Bonchev–Trinajstić information content (AvgIpc) is 3.02. The smallest absolute Gasteiger partial charge is 0.338 e. The SMILES string of the molecule is CCOC(=O)c1cc(F)c2nc(Cc3cc(C)c(Br)cc3Cl)n(CCOC)c2c1. The van der Waals surface area contributed by atoms with Crippen molar-refractivity contribution in [2.24, 2.45) is 0 Å². The van der Waals surface area contributed by atoms with Crippen molar-refractivity contribution >= 4 is 44.5 Å². The average molecular weight is 484 g/mol. The van der Waals surface area contributed by atoms with E-state index in [1.807, 2.05) is 23.6 Å². The number of carbonyl (C=O) groups is 1. The topological polar surface area (TPSA) is 53.3 Å². The van der Waals surface area contributed by atoms with Crippen molar-refractivity contribution in [3.8, 4) is 0 Å². The number of halogens is 3. The third kappa shape index (κ3) is 4.63. The summed E-state index contributed by atoms with van der Waals surface area (Å²) in [5.74, 6) is -0.498. The van der Waals surface area contributed by atoms with Gasteiger partial charge in [0.2, 0.25) is 0 Å². The highest BCUT2D eigenvalue weighted by Crippen LogP contribution is 2.29. The van der Waals surface area contributed by atoms with Gasteiger partial charge in [-0.3, -0.25) is 0 Å². The van der Waals surface area contributed by atoms with Crippen LogP contribution in [0.15, 0.2) is 28.7 Å². The Hall–Kier alpha value is -1.96. The van der Waals surface area contributed by atoms with Crippen LogP contribution in [0.3, 0.4) is 0 Å². The van der Waals surface area contributed by atoms with Crippen molar-refractivity contribution in [2.45, 2.75) is 26.8 Å². The van der Waals surface area contributed by atoms with Crippen molar-refractivity contribution < 1.29 is 18.7 Å². The standard InChI is InChI=1S/C21H21BrClFN2O3/c1-4-29-21(27)14-8-17(24)20-18(9-14)26(5-6-28-3)19(25-20)10-13-7-12(2)15(22)11-16(13)23/h7-9,11H,4-6,10H2,1-3H3. The fourth-order valence-corrected chi connectivity index (χ4v) is 3.86. The lowest BCUT2D eigenvalue weighted by Crippen LogP contribution is -2.10. The molecule has 0 amide bonds. The molecule has 1 heterocycles. The Morgan fingerprint density at radius 3 is 2.76 bits per heavy atom. The monoisotopic (exact) mass is 482 g/mol. The van der Waals surface area contributed by atoms with Crippen LogP contribution in [0.5, 0.6) is 0 Å². The predicted molar refractivity (Wildman–Crippen MR) is 114 cm³/mol. The molecule has 2 aromatic carbocycles. The quantitative estimate of drug-likeness (QED) is 0.427. The highest BCUT2D eigenvalue weighted by atomic mass is 79.9. The zero-order chi connectivity index (χ0) is 21.1. The van der Waals surface area contributed by atoms with Gasteiger partial charge in [0, 0.05) is 29.6 Å². The van der Waals surface area contributed by atoms with Gasteiger partial charge in [0.05, 0.1) is 24.3 Å². The lowest BCUT2D eigenvalue weighted by atomic mass is 10.1. The third-order valence-electron chi connectivity index (χ3n) is 4.59. The number of rotatable bonds is 7. The molecule has 154 valence electrons. The molecule has 3 rings (SSSR count). The van der Waals surface area contributed by atoms with E-state index in [4.69, 9.17) is 21.1 Å². The Balaban J connectivity index is 2.12. The van der Waals surface area contributed by atoms with E-state index < -0.39 is 11.8 Å². The van der Waals surface area contributed by atoms with Gasteiger partial charge < -0.3 is 14.0 Å². The first-order chi connectivity index (χ1) is 13.8. The Morgan fingerprint density at radius 1 is 1.31 bits per heavy atom. The summed E-state index contributed by atoms with van der Waals surface area (Å²) in [4.78, 5) is 16.6. The Labute approximate surface area is 181 Å². The van der Waals surface area contributed by atoms with E-state index in [-0.39, 0.29) is 17.7 Å². The van der Waals surface area contributed by atoms with Crippen LogP contribution in [0, 0.1) is 12.7 Å².